The monoisotopic (exact) mass is 247 g/mol. The molecule has 4 nitrogen and oxygen atoms in total. The molecular formula is C11H21NO3S. The molecule has 0 amide bonds. The van der Waals surface area contributed by atoms with Gasteiger partial charge in [-0.25, -0.2) is 13.1 Å². The van der Waals surface area contributed by atoms with Gasteiger partial charge in [0.15, 0.2) is 0 Å². The summed E-state index contributed by atoms with van der Waals surface area (Å²) in [5.74, 6) is 0. The molecule has 0 radical (unpaired) electrons. The first-order chi connectivity index (χ1) is 7.58. The Morgan fingerprint density at radius 2 is 1.81 bits per heavy atom. The van der Waals surface area contributed by atoms with Crippen molar-refractivity contribution in [2.45, 2.75) is 50.2 Å². The van der Waals surface area contributed by atoms with Crippen LogP contribution in [0.4, 0.5) is 0 Å². The van der Waals surface area contributed by atoms with Crippen molar-refractivity contribution in [1.29, 1.82) is 0 Å². The van der Waals surface area contributed by atoms with E-state index in [0.717, 1.165) is 38.5 Å². The van der Waals surface area contributed by atoms with Crippen molar-refractivity contribution in [2.24, 2.45) is 5.41 Å². The van der Waals surface area contributed by atoms with E-state index in [1.54, 1.807) is 0 Å². The quantitative estimate of drug-likeness (QED) is 0.762. The van der Waals surface area contributed by atoms with E-state index in [4.69, 9.17) is 0 Å². The van der Waals surface area contributed by atoms with Crippen LogP contribution < -0.4 is 4.72 Å². The minimum absolute atomic E-state index is 0.0974. The number of aliphatic hydroxyl groups excluding tert-OH is 1. The van der Waals surface area contributed by atoms with E-state index in [2.05, 4.69) is 4.72 Å². The number of aliphatic hydroxyl groups is 1. The second-order valence-corrected chi connectivity index (χ2v) is 7.33. The molecule has 0 aromatic carbocycles. The number of hydrogen-bond donors (Lipinski definition) is 2. The zero-order valence-corrected chi connectivity index (χ0v) is 10.4. The van der Waals surface area contributed by atoms with Crippen LogP contribution in [-0.2, 0) is 10.0 Å². The number of hydrogen-bond acceptors (Lipinski definition) is 3. The van der Waals surface area contributed by atoms with Crippen LogP contribution in [0.25, 0.3) is 0 Å². The summed E-state index contributed by atoms with van der Waals surface area (Å²) in [6.45, 7) is 0.516. The Morgan fingerprint density at radius 1 is 1.19 bits per heavy atom. The summed E-state index contributed by atoms with van der Waals surface area (Å²) in [6.07, 6.45) is 6.88. The SMILES string of the molecule is O=S(=O)(NCC1(CO)CCCCC1)C1CC1. The highest BCUT2D eigenvalue weighted by atomic mass is 32.2. The van der Waals surface area contributed by atoms with Crippen LogP contribution in [0.15, 0.2) is 0 Å². The number of sulfonamides is 1. The largest absolute Gasteiger partial charge is 0.396 e. The van der Waals surface area contributed by atoms with Crippen LogP contribution >= 0.6 is 0 Å². The van der Waals surface area contributed by atoms with Gasteiger partial charge >= 0.3 is 0 Å². The topological polar surface area (TPSA) is 66.4 Å². The normalized spacial score (nSPS) is 25.6. The summed E-state index contributed by atoms with van der Waals surface area (Å²) in [5, 5.41) is 9.30. The van der Waals surface area contributed by atoms with Gasteiger partial charge in [-0.15, -0.1) is 0 Å². The molecule has 0 aromatic rings. The lowest BCUT2D eigenvalue weighted by Gasteiger charge is -2.35. The van der Waals surface area contributed by atoms with Crippen LogP contribution in [0.3, 0.4) is 0 Å². The summed E-state index contributed by atoms with van der Waals surface area (Å²) < 4.78 is 26.1. The summed E-state index contributed by atoms with van der Waals surface area (Å²) in [7, 11) is -3.10. The zero-order chi connectivity index (χ0) is 11.6. The third-order valence-corrected chi connectivity index (χ3v) is 5.76. The highest BCUT2D eigenvalue weighted by molar-refractivity contribution is 7.90. The van der Waals surface area contributed by atoms with E-state index in [0.29, 0.717) is 6.54 Å². The van der Waals surface area contributed by atoms with Gasteiger partial charge in [-0.05, 0) is 25.7 Å². The van der Waals surface area contributed by atoms with Gasteiger partial charge in [0.2, 0.25) is 10.0 Å². The maximum absolute atomic E-state index is 11.7. The Labute approximate surface area is 97.5 Å². The summed E-state index contributed by atoms with van der Waals surface area (Å²) in [5.41, 5.74) is -0.194. The third kappa shape index (κ3) is 2.76. The molecule has 0 spiro atoms. The Kier molecular flexibility index (Phi) is 3.56. The molecule has 0 saturated heterocycles. The van der Waals surface area contributed by atoms with Gasteiger partial charge in [-0.2, -0.15) is 0 Å². The van der Waals surface area contributed by atoms with Crippen molar-refractivity contribution in [3.05, 3.63) is 0 Å². The summed E-state index contributed by atoms with van der Waals surface area (Å²) in [6, 6.07) is 0. The lowest BCUT2D eigenvalue weighted by molar-refractivity contribution is 0.0867. The molecule has 0 atom stereocenters. The third-order valence-electron chi connectivity index (χ3n) is 3.86. The Hall–Kier alpha value is -0.130. The van der Waals surface area contributed by atoms with Crippen molar-refractivity contribution in [1.82, 2.24) is 4.72 Å². The molecule has 2 aliphatic rings. The Morgan fingerprint density at radius 3 is 2.31 bits per heavy atom. The highest BCUT2D eigenvalue weighted by Gasteiger charge is 2.38. The second-order valence-electron chi connectivity index (χ2n) is 5.28. The molecule has 94 valence electrons. The van der Waals surface area contributed by atoms with E-state index < -0.39 is 10.0 Å². The molecule has 16 heavy (non-hydrogen) atoms. The second kappa shape index (κ2) is 4.63. The molecule has 2 N–H and O–H groups in total. The van der Waals surface area contributed by atoms with Crippen molar-refractivity contribution < 1.29 is 13.5 Å². The molecule has 0 aromatic heterocycles. The molecule has 5 heteroatoms. The Bertz CT molecular complexity index is 329. The minimum Gasteiger partial charge on any atom is -0.396 e. The van der Waals surface area contributed by atoms with E-state index in [1.165, 1.54) is 6.42 Å². The number of rotatable bonds is 5. The fourth-order valence-electron chi connectivity index (χ4n) is 2.44. The van der Waals surface area contributed by atoms with Gasteiger partial charge in [0, 0.05) is 18.6 Å². The van der Waals surface area contributed by atoms with Crippen LogP contribution in [0.5, 0.6) is 0 Å². The summed E-state index contributed by atoms with van der Waals surface area (Å²) in [4.78, 5) is 0. The van der Waals surface area contributed by atoms with Crippen LogP contribution in [0, 0.1) is 5.41 Å². The van der Waals surface area contributed by atoms with Crippen molar-refractivity contribution >= 4 is 10.0 Å². The molecule has 0 unspecified atom stereocenters. The van der Waals surface area contributed by atoms with Crippen molar-refractivity contribution in [3.63, 3.8) is 0 Å². The van der Waals surface area contributed by atoms with Gasteiger partial charge in [0.05, 0.1) is 5.25 Å². The molecule has 0 bridgehead atoms. The van der Waals surface area contributed by atoms with Crippen LogP contribution in [-0.4, -0.2) is 31.9 Å². The van der Waals surface area contributed by atoms with E-state index in [1.807, 2.05) is 0 Å². The lowest BCUT2D eigenvalue weighted by Crippen LogP contribution is -2.42. The molecule has 0 heterocycles. The predicted octanol–water partition coefficient (Wildman–Crippen LogP) is 1.01. The molecule has 2 saturated carbocycles. The molecule has 2 aliphatic carbocycles. The molecular weight excluding hydrogens is 226 g/mol. The van der Waals surface area contributed by atoms with Gasteiger partial charge < -0.3 is 5.11 Å². The fraction of sp³-hybridized carbons (Fsp3) is 1.00. The Balaban J connectivity index is 1.91. The first kappa shape index (κ1) is 12.3. The van der Waals surface area contributed by atoms with Crippen LogP contribution in [0.2, 0.25) is 0 Å². The predicted molar refractivity (Wildman–Crippen MR) is 62.5 cm³/mol. The zero-order valence-electron chi connectivity index (χ0n) is 9.61. The average Bonchev–Trinajstić information content (AvgIpc) is 3.12. The smallest absolute Gasteiger partial charge is 0.214 e. The van der Waals surface area contributed by atoms with E-state index in [9.17, 15) is 13.5 Å². The molecule has 2 fully saturated rings. The first-order valence-electron chi connectivity index (χ1n) is 6.17. The van der Waals surface area contributed by atoms with Crippen LogP contribution in [0.1, 0.15) is 44.9 Å². The van der Waals surface area contributed by atoms with Gasteiger partial charge in [0.1, 0.15) is 0 Å². The highest BCUT2D eigenvalue weighted by Crippen LogP contribution is 2.36. The van der Waals surface area contributed by atoms with Gasteiger partial charge in [-0.3, -0.25) is 0 Å². The maximum atomic E-state index is 11.7. The first-order valence-corrected chi connectivity index (χ1v) is 7.72. The fourth-order valence-corrected chi connectivity index (χ4v) is 3.94. The summed E-state index contributed by atoms with van der Waals surface area (Å²) >= 11 is 0. The lowest BCUT2D eigenvalue weighted by atomic mass is 9.75. The van der Waals surface area contributed by atoms with Crippen molar-refractivity contribution in [3.8, 4) is 0 Å². The standard InChI is InChI=1S/C11H21NO3S/c13-9-11(6-2-1-3-7-11)8-12-16(14,15)10-4-5-10/h10,12-13H,1-9H2. The average molecular weight is 247 g/mol. The van der Waals surface area contributed by atoms with E-state index in [-0.39, 0.29) is 17.3 Å². The number of nitrogens with one attached hydrogen (secondary N) is 1. The van der Waals surface area contributed by atoms with Gasteiger partial charge in [-0.1, -0.05) is 19.3 Å². The van der Waals surface area contributed by atoms with Gasteiger partial charge in [0.25, 0.3) is 0 Å². The van der Waals surface area contributed by atoms with Crippen molar-refractivity contribution in [2.75, 3.05) is 13.2 Å². The minimum atomic E-state index is -3.10. The molecule has 2 rings (SSSR count). The van der Waals surface area contributed by atoms with E-state index >= 15 is 0 Å². The maximum Gasteiger partial charge on any atom is 0.214 e. The molecule has 0 aliphatic heterocycles.